The van der Waals surface area contributed by atoms with E-state index in [0.29, 0.717) is 25.6 Å². The Hall–Kier alpha value is -2.06. The van der Waals surface area contributed by atoms with E-state index in [1.54, 1.807) is 4.90 Å². The first-order chi connectivity index (χ1) is 14.4. The summed E-state index contributed by atoms with van der Waals surface area (Å²) < 4.78 is 17.1. The third kappa shape index (κ3) is 5.55. The number of aromatic nitrogens is 1. The van der Waals surface area contributed by atoms with Crippen LogP contribution in [0.15, 0.2) is 18.3 Å². The average molecular weight is 419 g/mol. The molecule has 4 rings (SSSR count). The number of amides is 1. The third-order valence-corrected chi connectivity index (χ3v) is 5.71. The predicted octanol–water partition coefficient (Wildman–Crippen LogP) is 2.74. The molecular weight excluding hydrogens is 384 g/mol. The second-order valence-corrected chi connectivity index (χ2v) is 9.34. The number of ether oxygens (including phenoxy) is 3. The third-order valence-electron chi connectivity index (χ3n) is 5.71. The maximum atomic E-state index is 12.5. The molecule has 1 saturated carbocycles. The van der Waals surface area contributed by atoms with E-state index in [4.69, 9.17) is 14.2 Å². The van der Waals surface area contributed by atoms with Crippen molar-refractivity contribution in [3.63, 3.8) is 0 Å². The van der Waals surface area contributed by atoms with Gasteiger partial charge in [0.05, 0.1) is 50.4 Å². The molecule has 8 heteroatoms. The molecule has 2 saturated heterocycles. The van der Waals surface area contributed by atoms with Gasteiger partial charge in [-0.2, -0.15) is 0 Å². The maximum absolute atomic E-state index is 12.5. The summed E-state index contributed by atoms with van der Waals surface area (Å²) in [6.45, 7) is 10.6. The van der Waals surface area contributed by atoms with E-state index in [9.17, 15) is 4.79 Å². The number of hydrogen-bond donors (Lipinski definition) is 1. The fourth-order valence-electron chi connectivity index (χ4n) is 4.01. The molecule has 8 nitrogen and oxygen atoms in total. The van der Waals surface area contributed by atoms with E-state index in [1.807, 2.05) is 33.0 Å². The maximum Gasteiger partial charge on any atom is 0.410 e. The number of rotatable bonds is 5. The number of morpholine rings is 2. The van der Waals surface area contributed by atoms with Gasteiger partial charge in [0.2, 0.25) is 0 Å². The molecule has 0 bridgehead atoms. The Morgan fingerprint density at radius 1 is 1.20 bits per heavy atom. The number of pyridine rings is 1. The number of anilines is 2. The SMILES string of the molecule is CC(C)(C)OC(=O)N1CCOC(C(Nc2ccc(N3CCOCC3)cn2)C2CC2)C1. The number of nitrogens with one attached hydrogen (secondary N) is 1. The van der Waals surface area contributed by atoms with Crippen LogP contribution in [0.4, 0.5) is 16.3 Å². The van der Waals surface area contributed by atoms with Crippen molar-refractivity contribution in [2.24, 2.45) is 5.92 Å². The Balaban J connectivity index is 1.38. The number of nitrogens with zero attached hydrogens (tertiary/aromatic N) is 3. The molecule has 1 amide bonds. The molecule has 166 valence electrons. The van der Waals surface area contributed by atoms with E-state index in [-0.39, 0.29) is 18.2 Å². The van der Waals surface area contributed by atoms with Gasteiger partial charge in [0, 0.05) is 19.6 Å². The topological polar surface area (TPSA) is 76.2 Å². The zero-order valence-corrected chi connectivity index (χ0v) is 18.3. The molecule has 3 aliphatic rings. The summed E-state index contributed by atoms with van der Waals surface area (Å²) in [7, 11) is 0. The van der Waals surface area contributed by atoms with Crippen LogP contribution in [0.25, 0.3) is 0 Å². The molecule has 3 heterocycles. The van der Waals surface area contributed by atoms with Gasteiger partial charge < -0.3 is 29.3 Å². The molecule has 0 spiro atoms. The van der Waals surface area contributed by atoms with Crippen molar-refractivity contribution in [3.05, 3.63) is 18.3 Å². The van der Waals surface area contributed by atoms with Crippen LogP contribution in [-0.4, -0.2) is 79.7 Å². The lowest BCUT2D eigenvalue weighted by atomic mass is 10.0. The summed E-state index contributed by atoms with van der Waals surface area (Å²) in [5.74, 6) is 1.40. The molecule has 2 aliphatic heterocycles. The van der Waals surface area contributed by atoms with Crippen LogP contribution in [-0.2, 0) is 14.2 Å². The highest BCUT2D eigenvalue weighted by molar-refractivity contribution is 5.68. The zero-order valence-electron chi connectivity index (χ0n) is 18.3. The predicted molar refractivity (Wildman–Crippen MR) is 115 cm³/mol. The van der Waals surface area contributed by atoms with Crippen molar-refractivity contribution in [1.29, 1.82) is 0 Å². The summed E-state index contributed by atoms with van der Waals surface area (Å²) in [5, 5.41) is 3.59. The van der Waals surface area contributed by atoms with Crippen LogP contribution < -0.4 is 10.2 Å². The molecule has 0 radical (unpaired) electrons. The monoisotopic (exact) mass is 418 g/mol. The Bertz CT molecular complexity index is 711. The van der Waals surface area contributed by atoms with Crippen molar-refractivity contribution in [1.82, 2.24) is 9.88 Å². The summed E-state index contributed by atoms with van der Waals surface area (Å²) in [6, 6.07) is 4.28. The molecule has 2 atom stereocenters. The molecule has 1 aromatic heterocycles. The van der Waals surface area contributed by atoms with Crippen LogP contribution in [0.1, 0.15) is 33.6 Å². The Morgan fingerprint density at radius 2 is 1.97 bits per heavy atom. The van der Waals surface area contributed by atoms with Crippen LogP contribution in [0.3, 0.4) is 0 Å². The van der Waals surface area contributed by atoms with E-state index in [2.05, 4.69) is 21.3 Å². The quantitative estimate of drug-likeness (QED) is 0.788. The molecule has 30 heavy (non-hydrogen) atoms. The van der Waals surface area contributed by atoms with Crippen molar-refractivity contribution in [2.45, 2.75) is 51.4 Å². The minimum Gasteiger partial charge on any atom is -0.444 e. The lowest BCUT2D eigenvalue weighted by Crippen LogP contribution is -2.53. The smallest absolute Gasteiger partial charge is 0.410 e. The lowest BCUT2D eigenvalue weighted by molar-refractivity contribution is -0.0502. The summed E-state index contributed by atoms with van der Waals surface area (Å²) in [4.78, 5) is 21.2. The van der Waals surface area contributed by atoms with Gasteiger partial charge >= 0.3 is 6.09 Å². The number of carbonyl (C=O) groups excluding carboxylic acids is 1. The summed E-state index contributed by atoms with van der Waals surface area (Å²) in [6.07, 6.45) is 3.94. The normalized spacial score (nSPS) is 23.8. The van der Waals surface area contributed by atoms with Crippen molar-refractivity contribution >= 4 is 17.6 Å². The first kappa shape index (κ1) is 21.2. The fourth-order valence-corrected chi connectivity index (χ4v) is 4.01. The zero-order chi connectivity index (χ0) is 21.1. The second-order valence-electron chi connectivity index (χ2n) is 9.34. The Labute approximate surface area is 178 Å². The highest BCUT2D eigenvalue weighted by Crippen LogP contribution is 2.37. The van der Waals surface area contributed by atoms with Crippen LogP contribution in [0.2, 0.25) is 0 Å². The first-order valence-corrected chi connectivity index (χ1v) is 11.0. The van der Waals surface area contributed by atoms with Gasteiger partial charge in [-0.05, 0) is 51.7 Å². The highest BCUT2D eigenvalue weighted by atomic mass is 16.6. The van der Waals surface area contributed by atoms with Crippen molar-refractivity contribution in [2.75, 3.05) is 56.2 Å². The molecule has 1 N–H and O–H groups in total. The van der Waals surface area contributed by atoms with E-state index in [0.717, 1.165) is 37.8 Å². The van der Waals surface area contributed by atoms with Gasteiger partial charge in [0.1, 0.15) is 11.4 Å². The minimum atomic E-state index is -0.495. The largest absolute Gasteiger partial charge is 0.444 e. The van der Waals surface area contributed by atoms with Crippen LogP contribution in [0, 0.1) is 5.92 Å². The average Bonchev–Trinajstić information content (AvgIpc) is 3.57. The summed E-state index contributed by atoms with van der Waals surface area (Å²) >= 11 is 0. The standard InChI is InChI=1S/C22H34N4O4/c1-22(2,3)30-21(27)26-10-13-29-18(15-26)20(16-4-5-16)24-19-7-6-17(14-23-19)25-8-11-28-12-9-25/h6-7,14,16,18,20H,4-5,8-13,15H2,1-3H3,(H,23,24). The van der Waals surface area contributed by atoms with Crippen LogP contribution >= 0.6 is 0 Å². The minimum absolute atomic E-state index is 0.0699. The molecular formula is C22H34N4O4. The molecule has 3 fully saturated rings. The molecule has 1 aromatic rings. The Kier molecular flexibility index (Phi) is 6.34. The van der Waals surface area contributed by atoms with E-state index in [1.165, 1.54) is 12.8 Å². The van der Waals surface area contributed by atoms with Gasteiger partial charge in [-0.1, -0.05) is 0 Å². The number of carbonyl (C=O) groups is 1. The molecule has 2 unspecified atom stereocenters. The van der Waals surface area contributed by atoms with Gasteiger partial charge in [0.25, 0.3) is 0 Å². The molecule has 0 aromatic carbocycles. The fraction of sp³-hybridized carbons (Fsp3) is 0.727. The van der Waals surface area contributed by atoms with Gasteiger partial charge in [-0.25, -0.2) is 9.78 Å². The molecule has 1 aliphatic carbocycles. The van der Waals surface area contributed by atoms with Crippen LogP contribution in [0.5, 0.6) is 0 Å². The lowest BCUT2D eigenvalue weighted by Gasteiger charge is -2.38. The van der Waals surface area contributed by atoms with Gasteiger partial charge in [-0.3, -0.25) is 0 Å². The number of hydrogen-bond acceptors (Lipinski definition) is 7. The van der Waals surface area contributed by atoms with Crippen molar-refractivity contribution < 1.29 is 19.0 Å². The first-order valence-electron chi connectivity index (χ1n) is 11.0. The van der Waals surface area contributed by atoms with E-state index >= 15 is 0 Å². The Morgan fingerprint density at radius 3 is 2.60 bits per heavy atom. The summed E-state index contributed by atoms with van der Waals surface area (Å²) in [5.41, 5.74) is 0.627. The highest BCUT2D eigenvalue weighted by Gasteiger charge is 2.40. The van der Waals surface area contributed by atoms with Crippen molar-refractivity contribution in [3.8, 4) is 0 Å². The van der Waals surface area contributed by atoms with Gasteiger partial charge in [0.15, 0.2) is 0 Å². The van der Waals surface area contributed by atoms with Gasteiger partial charge in [-0.15, -0.1) is 0 Å². The second kappa shape index (κ2) is 8.98. The van der Waals surface area contributed by atoms with E-state index < -0.39 is 5.60 Å².